The molecule has 0 bridgehead atoms. The number of nitrogens with one attached hydrogen (secondary N) is 1. The van der Waals surface area contributed by atoms with Crippen LogP contribution < -0.4 is 10.1 Å². The van der Waals surface area contributed by atoms with Crippen LogP contribution in [0.3, 0.4) is 0 Å². The van der Waals surface area contributed by atoms with Gasteiger partial charge in [0.1, 0.15) is 11.9 Å². The van der Waals surface area contributed by atoms with Gasteiger partial charge >= 0.3 is 0 Å². The smallest absolute Gasteiger partial charge is 0.263 e. The van der Waals surface area contributed by atoms with Crippen molar-refractivity contribution < 1.29 is 19.1 Å². The van der Waals surface area contributed by atoms with Crippen molar-refractivity contribution in [2.45, 2.75) is 70.6 Å². The zero-order valence-electron chi connectivity index (χ0n) is 17.1. The normalized spacial score (nSPS) is 21.6. The molecule has 6 heteroatoms. The van der Waals surface area contributed by atoms with E-state index in [1.54, 1.807) is 0 Å². The maximum absolute atomic E-state index is 12.8. The summed E-state index contributed by atoms with van der Waals surface area (Å²) in [7, 11) is 0. The van der Waals surface area contributed by atoms with Crippen LogP contribution in [-0.2, 0) is 14.3 Å². The Morgan fingerprint density at radius 3 is 2.50 bits per heavy atom. The number of benzene rings is 1. The van der Waals surface area contributed by atoms with E-state index in [9.17, 15) is 9.59 Å². The Labute approximate surface area is 167 Å². The van der Waals surface area contributed by atoms with E-state index in [4.69, 9.17) is 9.47 Å². The molecule has 2 aliphatic rings. The van der Waals surface area contributed by atoms with Crippen molar-refractivity contribution in [3.05, 3.63) is 29.8 Å². The predicted molar refractivity (Wildman–Crippen MR) is 107 cm³/mol. The topological polar surface area (TPSA) is 67.9 Å². The minimum atomic E-state index is -0.530. The fraction of sp³-hybridized carbons (Fsp3) is 0.636. The van der Waals surface area contributed by atoms with Crippen LogP contribution in [0.25, 0.3) is 0 Å². The molecule has 2 unspecified atom stereocenters. The number of carbonyl (C=O) groups is 2. The van der Waals surface area contributed by atoms with Crippen LogP contribution >= 0.6 is 0 Å². The van der Waals surface area contributed by atoms with Crippen molar-refractivity contribution in [3.63, 3.8) is 0 Å². The number of hydrogen-bond acceptors (Lipinski definition) is 4. The number of hydrogen-bond donors (Lipinski definition) is 1. The Kier molecular flexibility index (Phi) is 6.94. The number of piperidine rings is 1. The molecule has 1 aromatic carbocycles. The summed E-state index contributed by atoms with van der Waals surface area (Å²) >= 11 is 0. The van der Waals surface area contributed by atoms with Crippen molar-refractivity contribution in [2.24, 2.45) is 0 Å². The van der Waals surface area contributed by atoms with E-state index in [2.05, 4.69) is 19.2 Å². The molecule has 2 saturated heterocycles. The molecule has 6 nitrogen and oxygen atoms in total. The van der Waals surface area contributed by atoms with Gasteiger partial charge in [-0.1, -0.05) is 32.0 Å². The number of amides is 2. The molecule has 2 fully saturated rings. The fourth-order valence-corrected chi connectivity index (χ4v) is 3.89. The summed E-state index contributed by atoms with van der Waals surface area (Å²) in [6, 6.07) is 8.00. The van der Waals surface area contributed by atoms with E-state index in [-0.39, 0.29) is 24.0 Å². The highest BCUT2D eigenvalue weighted by Gasteiger charge is 2.30. The Morgan fingerprint density at radius 2 is 1.86 bits per heavy atom. The lowest BCUT2D eigenvalue weighted by molar-refractivity contribution is -0.139. The molecular formula is C22H32N2O4. The molecule has 3 rings (SSSR count). The predicted octanol–water partition coefficient (Wildman–Crippen LogP) is 2.86. The van der Waals surface area contributed by atoms with Gasteiger partial charge in [0.15, 0.2) is 6.10 Å². The van der Waals surface area contributed by atoms with Crippen LogP contribution in [0.5, 0.6) is 5.75 Å². The van der Waals surface area contributed by atoms with Crippen molar-refractivity contribution in [3.8, 4) is 5.75 Å². The molecule has 154 valence electrons. The fourth-order valence-electron chi connectivity index (χ4n) is 3.89. The quantitative estimate of drug-likeness (QED) is 0.814. The van der Waals surface area contributed by atoms with E-state index >= 15 is 0 Å². The average molecular weight is 389 g/mol. The maximum atomic E-state index is 12.8. The van der Waals surface area contributed by atoms with E-state index < -0.39 is 6.10 Å². The highest BCUT2D eigenvalue weighted by molar-refractivity contribution is 5.82. The molecule has 2 heterocycles. The second-order valence-electron chi connectivity index (χ2n) is 8.06. The number of likely N-dealkylation sites (tertiary alicyclic amines) is 1. The molecular weight excluding hydrogens is 356 g/mol. The molecule has 0 spiro atoms. The first-order valence-electron chi connectivity index (χ1n) is 10.4. The summed E-state index contributed by atoms with van der Waals surface area (Å²) in [6.07, 6.45) is 2.45. The summed E-state index contributed by atoms with van der Waals surface area (Å²) in [5.74, 6) is 1.10. The van der Waals surface area contributed by atoms with Gasteiger partial charge in [-0.05, 0) is 50.2 Å². The molecule has 28 heavy (non-hydrogen) atoms. The third kappa shape index (κ3) is 5.04. The Morgan fingerprint density at radius 1 is 1.14 bits per heavy atom. The molecule has 0 aliphatic carbocycles. The highest BCUT2D eigenvalue weighted by atomic mass is 16.5. The Hall–Kier alpha value is -2.08. The van der Waals surface area contributed by atoms with E-state index in [0.717, 1.165) is 37.0 Å². The average Bonchev–Trinajstić information content (AvgIpc) is 3.23. The van der Waals surface area contributed by atoms with Gasteiger partial charge in [-0.2, -0.15) is 0 Å². The zero-order valence-corrected chi connectivity index (χ0v) is 17.1. The molecule has 2 aliphatic heterocycles. The Bertz CT molecular complexity index is 677. The summed E-state index contributed by atoms with van der Waals surface area (Å²) in [5, 5.41) is 3.08. The number of nitrogens with zero attached hydrogens (tertiary/aromatic N) is 1. The van der Waals surface area contributed by atoms with Crippen LogP contribution in [-0.4, -0.2) is 54.7 Å². The summed E-state index contributed by atoms with van der Waals surface area (Å²) in [5.41, 5.74) is 1.11. The number of carbonyl (C=O) groups excluding carboxylic acids is 2. The van der Waals surface area contributed by atoms with Crippen LogP contribution in [0.15, 0.2) is 24.3 Å². The molecule has 1 aromatic rings. The largest absolute Gasteiger partial charge is 0.481 e. The SMILES string of the molecule is CC(Oc1ccccc1C(C)C)C(=O)N1CCC(NC(=O)C2CCCO2)CC1. The van der Waals surface area contributed by atoms with Crippen LogP contribution in [0.2, 0.25) is 0 Å². The lowest BCUT2D eigenvalue weighted by Crippen LogP contribution is -2.51. The van der Waals surface area contributed by atoms with Crippen molar-refractivity contribution in [1.82, 2.24) is 10.2 Å². The number of para-hydroxylation sites is 1. The zero-order chi connectivity index (χ0) is 20.1. The van der Waals surface area contributed by atoms with Crippen molar-refractivity contribution >= 4 is 11.8 Å². The highest BCUT2D eigenvalue weighted by Crippen LogP contribution is 2.27. The second kappa shape index (κ2) is 9.41. The summed E-state index contributed by atoms with van der Waals surface area (Å²) in [6.45, 7) is 7.98. The van der Waals surface area contributed by atoms with Crippen molar-refractivity contribution in [2.75, 3.05) is 19.7 Å². The minimum Gasteiger partial charge on any atom is -0.481 e. The number of rotatable bonds is 6. The van der Waals surface area contributed by atoms with Gasteiger partial charge in [-0.25, -0.2) is 0 Å². The van der Waals surface area contributed by atoms with E-state index in [1.807, 2.05) is 36.1 Å². The minimum absolute atomic E-state index is 0.00228. The molecule has 1 N–H and O–H groups in total. The van der Waals surface area contributed by atoms with Crippen LogP contribution in [0.4, 0.5) is 0 Å². The van der Waals surface area contributed by atoms with Crippen molar-refractivity contribution in [1.29, 1.82) is 0 Å². The molecule has 2 atom stereocenters. The van der Waals surface area contributed by atoms with E-state index in [0.29, 0.717) is 25.6 Å². The van der Waals surface area contributed by atoms with Gasteiger partial charge in [0, 0.05) is 25.7 Å². The first-order chi connectivity index (χ1) is 13.5. The van der Waals surface area contributed by atoms with Gasteiger partial charge in [0.05, 0.1) is 0 Å². The standard InChI is InChI=1S/C22H32N2O4/c1-15(2)18-7-4-5-8-19(18)28-16(3)22(26)24-12-10-17(11-13-24)23-21(25)20-9-6-14-27-20/h4-5,7-8,15-17,20H,6,9-14H2,1-3H3,(H,23,25). The second-order valence-corrected chi connectivity index (χ2v) is 8.06. The number of ether oxygens (including phenoxy) is 2. The van der Waals surface area contributed by atoms with E-state index in [1.165, 1.54) is 0 Å². The molecule has 0 radical (unpaired) electrons. The van der Waals surface area contributed by atoms with Crippen LogP contribution in [0.1, 0.15) is 57.9 Å². The molecule has 2 amide bonds. The third-order valence-corrected chi connectivity index (χ3v) is 5.57. The maximum Gasteiger partial charge on any atom is 0.263 e. The first-order valence-corrected chi connectivity index (χ1v) is 10.4. The first kappa shape index (κ1) is 20.6. The summed E-state index contributed by atoms with van der Waals surface area (Å²) in [4.78, 5) is 26.9. The monoisotopic (exact) mass is 388 g/mol. The molecule has 0 aromatic heterocycles. The lowest BCUT2D eigenvalue weighted by atomic mass is 10.0. The summed E-state index contributed by atoms with van der Waals surface area (Å²) < 4.78 is 11.4. The van der Waals surface area contributed by atoms with Gasteiger partial charge in [-0.3, -0.25) is 9.59 Å². The van der Waals surface area contributed by atoms with Gasteiger partial charge in [0.25, 0.3) is 5.91 Å². The van der Waals surface area contributed by atoms with Crippen LogP contribution in [0, 0.1) is 0 Å². The van der Waals surface area contributed by atoms with Gasteiger partial charge in [0.2, 0.25) is 5.91 Å². The third-order valence-electron chi connectivity index (χ3n) is 5.57. The molecule has 0 saturated carbocycles. The Balaban J connectivity index is 1.48. The van der Waals surface area contributed by atoms with Gasteiger partial charge < -0.3 is 19.7 Å². The lowest BCUT2D eigenvalue weighted by Gasteiger charge is -2.34. The van der Waals surface area contributed by atoms with Gasteiger partial charge in [-0.15, -0.1) is 0 Å².